The summed E-state index contributed by atoms with van der Waals surface area (Å²) in [5.41, 5.74) is -0.206. The third-order valence-corrected chi connectivity index (χ3v) is 4.25. The van der Waals surface area contributed by atoms with E-state index in [1.807, 2.05) is 20.8 Å². The van der Waals surface area contributed by atoms with Crippen molar-refractivity contribution in [2.75, 3.05) is 7.05 Å². The first kappa shape index (κ1) is 14.0. The first-order valence-electron chi connectivity index (χ1n) is 6.31. The van der Waals surface area contributed by atoms with Crippen LogP contribution in [-0.4, -0.2) is 34.5 Å². The molecule has 1 aliphatic carbocycles. The third-order valence-electron chi connectivity index (χ3n) is 4.25. The van der Waals surface area contributed by atoms with E-state index in [9.17, 15) is 9.59 Å². The lowest BCUT2D eigenvalue weighted by atomic mass is 9.91. The summed E-state index contributed by atoms with van der Waals surface area (Å²) in [4.78, 5) is 25.1. The molecule has 0 bridgehead atoms. The summed E-state index contributed by atoms with van der Waals surface area (Å²) in [6.45, 7) is 6.05. The zero-order chi connectivity index (χ0) is 13.2. The van der Waals surface area contributed by atoms with Crippen LogP contribution in [0.4, 0.5) is 0 Å². The number of rotatable bonds is 4. The van der Waals surface area contributed by atoms with Gasteiger partial charge < -0.3 is 10.0 Å². The van der Waals surface area contributed by atoms with E-state index in [-0.39, 0.29) is 17.4 Å². The number of nitrogens with zero attached hydrogens (tertiary/aromatic N) is 1. The van der Waals surface area contributed by atoms with E-state index >= 15 is 0 Å². The summed E-state index contributed by atoms with van der Waals surface area (Å²) < 4.78 is 0. The number of carbonyl (C=O) groups excluding carboxylic acids is 1. The van der Waals surface area contributed by atoms with Gasteiger partial charge in [0.15, 0.2) is 0 Å². The Hall–Kier alpha value is -1.06. The maximum Gasteiger partial charge on any atom is 0.307 e. The molecule has 0 saturated heterocycles. The van der Waals surface area contributed by atoms with Crippen LogP contribution in [0, 0.1) is 11.8 Å². The number of hydrogen-bond donors (Lipinski definition) is 1. The Labute approximate surface area is 103 Å². The van der Waals surface area contributed by atoms with Crippen LogP contribution in [0.3, 0.4) is 0 Å². The molecule has 1 amide bonds. The van der Waals surface area contributed by atoms with Crippen molar-refractivity contribution in [1.82, 2.24) is 4.90 Å². The van der Waals surface area contributed by atoms with Crippen LogP contribution >= 0.6 is 0 Å². The van der Waals surface area contributed by atoms with Crippen LogP contribution in [0.25, 0.3) is 0 Å². The number of aliphatic carboxylic acids is 1. The fourth-order valence-electron chi connectivity index (χ4n) is 2.34. The zero-order valence-electron chi connectivity index (χ0n) is 11.2. The second-order valence-electron chi connectivity index (χ2n) is 5.55. The van der Waals surface area contributed by atoms with Gasteiger partial charge in [0, 0.05) is 12.6 Å². The van der Waals surface area contributed by atoms with E-state index in [0.717, 1.165) is 12.8 Å². The Kier molecular flexibility index (Phi) is 4.17. The van der Waals surface area contributed by atoms with Gasteiger partial charge in [0.05, 0.1) is 11.8 Å². The van der Waals surface area contributed by atoms with Crippen molar-refractivity contribution in [3.8, 4) is 0 Å². The second-order valence-corrected chi connectivity index (χ2v) is 5.55. The maximum absolute atomic E-state index is 12.3. The molecule has 1 fully saturated rings. The molecule has 0 radical (unpaired) electrons. The van der Waals surface area contributed by atoms with Gasteiger partial charge in [-0.2, -0.15) is 0 Å². The highest BCUT2D eigenvalue weighted by atomic mass is 16.4. The van der Waals surface area contributed by atoms with Crippen LogP contribution in [0.5, 0.6) is 0 Å². The Morgan fingerprint density at radius 3 is 2.29 bits per heavy atom. The van der Waals surface area contributed by atoms with Gasteiger partial charge in [-0.3, -0.25) is 9.59 Å². The van der Waals surface area contributed by atoms with Crippen molar-refractivity contribution in [2.45, 2.75) is 52.0 Å². The van der Waals surface area contributed by atoms with Crippen LogP contribution in [-0.2, 0) is 9.59 Å². The molecule has 0 aromatic rings. The van der Waals surface area contributed by atoms with Crippen LogP contribution in [0.15, 0.2) is 0 Å². The van der Waals surface area contributed by atoms with E-state index in [0.29, 0.717) is 12.8 Å². The molecule has 17 heavy (non-hydrogen) atoms. The number of carboxylic acids is 1. The lowest BCUT2D eigenvalue weighted by molar-refractivity contribution is -0.150. The average Bonchev–Trinajstić information content (AvgIpc) is 2.75. The molecule has 0 aromatic carbocycles. The normalized spacial score (nSPS) is 24.7. The third kappa shape index (κ3) is 2.79. The quantitative estimate of drug-likeness (QED) is 0.820. The van der Waals surface area contributed by atoms with Gasteiger partial charge in [-0.1, -0.05) is 13.3 Å². The minimum Gasteiger partial charge on any atom is -0.481 e. The molecule has 98 valence electrons. The van der Waals surface area contributed by atoms with Crippen LogP contribution < -0.4 is 0 Å². The lowest BCUT2D eigenvalue weighted by Crippen LogP contribution is -2.48. The van der Waals surface area contributed by atoms with Gasteiger partial charge in [0.25, 0.3) is 0 Å². The van der Waals surface area contributed by atoms with E-state index in [2.05, 4.69) is 0 Å². The number of hydrogen-bond acceptors (Lipinski definition) is 2. The fraction of sp³-hybridized carbons (Fsp3) is 0.846. The topological polar surface area (TPSA) is 57.6 Å². The Morgan fingerprint density at radius 1 is 1.29 bits per heavy atom. The molecule has 1 aliphatic rings. The highest BCUT2D eigenvalue weighted by molar-refractivity contribution is 5.85. The van der Waals surface area contributed by atoms with Crippen molar-refractivity contribution >= 4 is 11.9 Å². The molecular weight excluding hydrogens is 218 g/mol. The predicted molar refractivity (Wildman–Crippen MR) is 65.6 cm³/mol. The average molecular weight is 241 g/mol. The standard InChI is InChI=1S/C13H23NO3/c1-5-13(2,3)14(4)11(15)9-7-6-8-10(9)12(16)17/h9-10H,5-8H2,1-4H3,(H,16,17). The smallest absolute Gasteiger partial charge is 0.307 e. The first-order chi connectivity index (χ1) is 7.81. The summed E-state index contributed by atoms with van der Waals surface area (Å²) in [6.07, 6.45) is 3.04. The summed E-state index contributed by atoms with van der Waals surface area (Å²) in [5, 5.41) is 9.10. The van der Waals surface area contributed by atoms with Crippen molar-refractivity contribution in [1.29, 1.82) is 0 Å². The van der Waals surface area contributed by atoms with Gasteiger partial charge in [0.1, 0.15) is 0 Å². The second kappa shape index (κ2) is 5.07. The highest BCUT2D eigenvalue weighted by Crippen LogP contribution is 2.34. The van der Waals surface area contributed by atoms with Gasteiger partial charge in [-0.25, -0.2) is 0 Å². The van der Waals surface area contributed by atoms with E-state index in [1.165, 1.54) is 0 Å². The molecule has 4 heteroatoms. The summed E-state index contributed by atoms with van der Waals surface area (Å²) in [6, 6.07) is 0. The number of amides is 1. The van der Waals surface area contributed by atoms with Crippen molar-refractivity contribution in [2.24, 2.45) is 11.8 Å². The maximum atomic E-state index is 12.3. The van der Waals surface area contributed by atoms with Gasteiger partial charge in [-0.05, 0) is 33.1 Å². The van der Waals surface area contributed by atoms with Crippen molar-refractivity contribution in [3.63, 3.8) is 0 Å². The largest absolute Gasteiger partial charge is 0.481 e. The van der Waals surface area contributed by atoms with Gasteiger partial charge in [0.2, 0.25) is 5.91 Å². The molecular formula is C13H23NO3. The van der Waals surface area contributed by atoms with Crippen molar-refractivity contribution < 1.29 is 14.7 Å². The number of carboxylic acid groups (broad SMARTS) is 1. The number of carbonyl (C=O) groups is 2. The molecule has 2 atom stereocenters. The van der Waals surface area contributed by atoms with Crippen LogP contribution in [0.1, 0.15) is 46.5 Å². The van der Waals surface area contributed by atoms with E-state index < -0.39 is 11.9 Å². The molecule has 0 aliphatic heterocycles. The predicted octanol–water partition coefficient (Wildman–Crippen LogP) is 2.13. The molecule has 1 rings (SSSR count). The summed E-state index contributed by atoms with van der Waals surface area (Å²) >= 11 is 0. The monoisotopic (exact) mass is 241 g/mol. The van der Waals surface area contributed by atoms with Gasteiger partial charge >= 0.3 is 5.97 Å². The molecule has 0 heterocycles. The minimum atomic E-state index is -0.830. The van der Waals surface area contributed by atoms with E-state index in [4.69, 9.17) is 5.11 Å². The van der Waals surface area contributed by atoms with Crippen LogP contribution in [0.2, 0.25) is 0 Å². The van der Waals surface area contributed by atoms with Crippen molar-refractivity contribution in [3.05, 3.63) is 0 Å². The van der Waals surface area contributed by atoms with E-state index in [1.54, 1.807) is 11.9 Å². The Morgan fingerprint density at radius 2 is 1.82 bits per heavy atom. The molecule has 2 unspecified atom stereocenters. The Balaban J connectivity index is 2.79. The van der Waals surface area contributed by atoms with Gasteiger partial charge in [-0.15, -0.1) is 0 Å². The molecule has 0 aromatic heterocycles. The summed E-state index contributed by atoms with van der Waals surface area (Å²) in [5.74, 6) is -1.66. The SMILES string of the molecule is CCC(C)(C)N(C)C(=O)C1CCCC1C(=O)O. The zero-order valence-corrected chi connectivity index (χ0v) is 11.2. The molecule has 4 nitrogen and oxygen atoms in total. The first-order valence-corrected chi connectivity index (χ1v) is 6.31. The summed E-state index contributed by atoms with van der Waals surface area (Å²) in [7, 11) is 1.78. The molecule has 1 saturated carbocycles. The molecule has 0 spiro atoms. The minimum absolute atomic E-state index is 0.0123. The fourth-order valence-corrected chi connectivity index (χ4v) is 2.34. The Bertz CT molecular complexity index is 312. The molecule has 1 N–H and O–H groups in total. The lowest BCUT2D eigenvalue weighted by Gasteiger charge is -2.37. The highest BCUT2D eigenvalue weighted by Gasteiger charge is 2.41.